The first-order valence-corrected chi connectivity index (χ1v) is 4.64. The van der Waals surface area contributed by atoms with Crippen LogP contribution in [0.5, 0.6) is 0 Å². The maximum Gasteiger partial charge on any atom is 0.220 e. The minimum Gasteiger partial charge on any atom is -0.353 e. The normalized spacial score (nSPS) is 24.4. The summed E-state index contributed by atoms with van der Waals surface area (Å²) >= 11 is 0. The Morgan fingerprint density at radius 3 is 2.45 bits per heavy atom. The molecule has 0 aliphatic heterocycles. The highest BCUT2D eigenvalue weighted by atomic mass is 16.1. The summed E-state index contributed by atoms with van der Waals surface area (Å²) in [6, 6.07) is 0.544. The molecular weight excluding hydrogens is 138 g/mol. The minimum atomic E-state index is 0.289. The molecule has 0 spiro atoms. The van der Waals surface area contributed by atoms with Crippen molar-refractivity contribution in [2.75, 3.05) is 0 Å². The number of amides is 1. The first kappa shape index (κ1) is 7.14. The smallest absolute Gasteiger partial charge is 0.220 e. The zero-order chi connectivity index (χ0) is 7.68. The van der Waals surface area contributed by atoms with Crippen LogP contribution in [-0.4, -0.2) is 11.9 Å². The highest BCUT2D eigenvalue weighted by Crippen LogP contribution is 2.29. The first-order chi connectivity index (χ1) is 5.34. The van der Waals surface area contributed by atoms with Gasteiger partial charge in [0.1, 0.15) is 0 Å². The molecule has 62 valence electrons. The van der Waals surface area contributed by atoms with Gasteiger partial charge < -0.3 is 5.32 Å². The van der Waals surface area contributed by atoms with Crippen LogP contribution in [0.25, 0.3) is 0 Å². The first-order valence-electron chi connectivity index (χ1n) is 4.64. The molecular formula is C9H15NO. The van der Waals surface area contributed by atoms with Gasteiger partial charge in [-0.1, -0.05) is 6.42 Å². The summed E-state index contributed by atoms with van der Waals surface area (Å²) in [6.07, 6.45) is 7.08. The van der Waals surface area contributed by atoms with E-state index in [0.717, 1.165) is 6.42 Å². The van der Waals surface area contributed by atoms with Gasteiger partial charge in [-0.25, -0.2) is 0 Å². The third-order valence-electron chi connectivity index (χ3n) is 2.64. The van der Waals surface area contributed by atoms with Crippen LogP contribution in [0.1, 0.15) is 38.5 Å². The molecule has 0 radical (unpaired) electrons. The number of carbonyl (C=O) groups excluding carboxylic acids is 1. The predicted molar refractivity (Wildman–Crippen MR) is 43.1 cm³/mol. The Bertz CT molecular complexity index is 159. The van der Waals surface area contributed by atoms with Crippen molar-refractivity contribution in [2.45, 2.75) is 44.6 Å². The number of nitrogens with one attached hydrogen (secondary N) is 1. The van der Waals surface area contributed by atoms with Crippen LogP contribution in [-0.2, 0) is 4.79 Å². The zero-order valence-corrected chi connectivity index (χ0v) is 6.81. The van der Waals surface area contributed by atoms with E-state index in [1.807, 2.05) is 0 Å². The van der Waals surface area contributed by atoms with Gasteiger partial charge in [-0.3, -0.25) is 4.79 Å². The fourth-order valence-electron chi connectivity index (χ4n) is 1.47. The molecule has 2 aliphatic rings. The summed E-state index contributed by atoms with van der Waals surface area (Å²) in [4.78, 5) is 11.2. The van der Waals surface area contributed by atoms with Gasteiger partial charge in [0.2, 0.25) is 5.91 Å². The topological polar surface area (TPSA) is 29.1 Å². The van der Waals surface area contributed by atoms with Gasteiger partial charge in [0.25, 0.3) is 0 Å². The maximum absolute atomic E-state index is 11.2. The Hall–Kier alpha value is -0.530. The van der Waals surface area contributed by atoms with Crippen molar-refractivity contribution in [3.8, 4) is 0 Å². The van der Waals surface area contributed by atoms with Gasteiger partial charge >= 0.3 is 0 Å². The highest BCUT2D eigenvalue weighted by molar-refractivity contribution is 5.76. The second kappa shape index (κ2) is 2.84. The molecule has 0 atom stereocenters. The third kappa shape index (κ3) is 1.95. The maximum atomic E-state index is 11.2. The lowest BCUT2D eigenvalue weighted by molar-refractivity contribution is -0.122. The van der Waals surface area contributed by atoms with Crippen molar-refractivity contribution in [3.05, 3.63) is 0 Å². The second-order valence-electron chi connectivity index (χ2n) is 3.84. The van der Waals surface area contributed by atoms with Gasteiger partial charge in [-0.2, -0.15) is 0 Å². The second-order valence-corrected chi connectivity index (χ2v) is 3.84. The van der Waals surface area contributed by atoms with Crippen LogP contribution in [0.2, 0.25) is 0 Å². The van der Waals surface area contributed by atoms with Crippen LogP contribution in [0, 0.1) is 5.92 Å². The lowest BCUT2D eigenvalue weighted by Crippen LogP contribution is -2.29. The van der Waals surface area contributed by atoms with Gasteiger partial charge in [-0.15, -0.1) is 0 Å². The lowest BCUT2D eigenvalue weighted by atomic mass is 9.83. The van der Waals surface area contributed by atoms with Crippen LogP contribution >= 0.6 is 0 Å². The molecule has 1 N–H and O–H groups in total. The van der Waals surface area contributed by atoms with Crippen molar-refractivity contribution in [1.82, 2.24) is 5.32 Å². The molecule has 1 amide bonds. The SMILES string of the molecule is O=C(CC1CCC1)NC1CC1. The average Bonchev–Trinajstić information content (AvgIpc) is 2.62. The van der Waals surface area contributed by atoms with E-state index in [-0.39, 0.29) is 5.91 Å². The van der Waals surface area contributed by atoms with Gasteiger partial charge in [-0.05, 0) is 31.6 Å². The molecule has 2 fully saturated rings. The molecule has 0 bridgehead atoms. The Labute approximate surface area is 67.4 Å². The quantitative estimate of drug-likeness (QED) is 0.653. The van der Waals surface area contributed by atoms with E-state index in [1.54, 1.807) is 0 Å². The molecule has 0 aromatic carbocycles. The largest absolute Gasteiger partial charge is 0.353 e. The molecule has 2 heteroatoms. The molecule has 0 saturated heterocycles. The fourth-order valence-corrected chi connectivity index (χ4v) is 1.47. The van der Waals surface area contributed by atoms with Gasteiger partial charge in [0.15, 0.2) is 0 Å². The summed E-state index contributed by atoms with van der Waals surface area (Å²) in [6.45, 7) is 0. The number of rotatable bonds is 3. The molecule has 2 saturated carbocycles. The molecule has 11 heavy (non-hydrogen) atoms. The van der Waals surface area contributed by atoms with Crippen LogP contribution < -0.4 is 5.32 Å². The number of hydrogen-bond acceptors (Lipinski definition) is 1. The standard InChI is InChI=1S/C9H15NO/c11-9(10-8-4-5-8)6-7-2-1-3-7/h7-8H,1-6H2,(H,10,11). The molecule has 0 unspecified atom stereocenters. The molecule has 0 aromatic heterocycles. The van der Waals surface area contributed by atoms with E-state index in [0.29, 0.717) is 12.0 Å². The van der Waals surface area contributed by atoms with Gasteiger partial charge in [0.05, 0.1) is 0 Å². The summed E-state index contributed by atoms with van der Waals surface area (Å²) in [5.41, 5.74) is 0. The van der Waals surface area contributed by atoms with Crippen LogP contribution in [0.15, 0.2) is 0 Å². The minimum absolute atomic E-state index is 0.289. The van der Waals surface area contributed by atoms with E-state index in [9.17, 15) is 4.79 Å². The Balaban J connectivity index is 1.63. The van der Waals surface area contributed by atoms with Crippen molar-refractivity contribution in [3.63, 3.8) is 0 Å². The third-order valence-corrected chi connectivity index (χ3v) is 2.64. The monoisotopic (exact) mass is 153 g/mol. The Kier molecular flexibility index (Phi) is 1.84. The molecule has 2 rings (SSSR count). The summed E-state index contributed by atoms with van der Waals surface area (Å²) in [7, 11) is 0. The molecule has 0 heterocycles. The fraction of sp³-hybridized carbons (Fsp3) is 0.889. The van der Waals surface area contributed by atoms with E-state index in [2.05, 4.69) is 5.32 Å². The van der Waals surface area contributed by atoms with Gasteiger partial charge in [0, 0.05) is 12.5 Å². The van der Waals surface area contributed by atoms with E-state index >= 15 is 0 Å². The Morgan fingerprint density at radius 2 is 2.00 bits per heavy atom. The van der Waals surface area contributed by atoms with E-state index in [1.165, 1.54) is 32.1 Å². The van der Waals surface area contributed by atoms with Crippen molar-refractivity contribution in [2.24, 2.45) is 5.92 Å². The summed E-state index contributed by atoms with van der Waals surface area (Å²) < 4.78 is 0. The number of hydrogen-bond donors (Lipinski definition) is 1. The lowest BCUT2D eigenvalue weighted by Gasteiger charge is -2.24. The van der Waals surface area contributed by atoms with Crippen molar-refractivity contribution < 1.29 is 4.79 Å². The van der Waals surface area contributed by atoms with Crippen molar-refractivity contribution >= 4 is 5.91 Å². The Morgan fingerprint density at radius 1 is 1.27 bits per heavy atom. The summed E-state index contributed by atoms with van der Waals surface area (Å²) in [5, 5.41) is 3.01. The molecule has 0 aromatic rings. The molecule has 2 nitrogen and oxygen atoms in total. The van der Waals surface area contributed by atoms with Crippen LogP contribution in [0.4, 0.5) is 0 Å². The van der Waals surface area contributed by atoms with Crippen LogP contribution in [0.3, 0.4) is 0 Å². The average molecular weight is 153 g/mol. The zero-order valence-electron chi connectivity index (χ0n) is 6.81. The number of carbonyl (C=O) groups is 1. The predicted octanol–water partition coefficient (Wildman–Crippen LogP) is 1.46. The summed E-state index contributed by atoms with van der Waals surface area (Å²) in [5.74, 6) is 1.01. The van der Waals surface area contributed by atoms with Crippen molar-refractivity contribution in [1.29, 1.82) is 0 Å². The van der Waals surface area contributed by atoms with E-state index in [4.69, 9.17) is 0 Å². The molecule has 2 aliphatic carbocycles. The van der Waals surface area contributed by atoms with E-state index < -0.39 is 0 Å². The highest BCUT2D eigenvalue weighted by Gasteiger charge is 2.26.